The molecule has 0 unspecified atom stereocenters. The highest BCUT2D eigenvalue weighted by molar-refractivity contribution is 5.91. The van der Waals surface area contributed by atoms with Gasteiger partial charge in [0.1, 0.15) is 5.82 Å². The Morgan fingerprint density at radius 3 is 2.53 bits per heavy atom. The van der Waals surface area contributed by atoms with E-state index in [1.165, 1.54) is 21.3 Å². The maximum absolute atomic E-state index is 13.3. The van der Waals surface area contributed by atoms with Gasteiger partial charge >= 0.3 is 5.69 Å². The maximum Gasteiger partial charge on any atom is 0.332 e. The number of allylic oxidation sites excluding steroid dienone is 1. The summed E-state index contributed by atoms with van der Waals surface area (Å²) in [5.41, 5.74) is 2.14. The number of benzene rings is 1. The van der Waals surface area contributed by atoms with Crippen molar-refractivity contribution in [1.82, 2.24) is 18.7 Å². The van der Waals surface area contributed by atoms with E-state index >= 15 is 0 Å². The quantitative estimate of drug-likeness (QED) is 0.620. The van der Waals surface area contributed by atoms with Crippen LogP contribution in [0.15, 0.2) is 51.1 Å². The monoisotopic (exact) mass is 410 g/mol. The SMILES string of the molecule is C=C(C)Cn1c(=O)c2c(nc3n2[C@@H](C)C(C)=NN3Cc2ccc(F)cc2)n(C)c1=O. The van der Waals surface area contributed by atoms with Crippen molar-refractivity contribution in [2.24, 2.45) is 12.1 Å². The van der Waals surface area contributed by atoms with Crippen LogP contribution in [0.25, 0.3) is 11.2 Å². The van der Waals surface area contributed by atoms with Gasteiger partial charge < -0.3 is 0 Å². The van der Waals surface area contributed by atoms with Crippen LogP contribution in [0.1, 0.15) is 32.4 Å². The van der Waals surface area contributed by atoms with E-state index < -0.39 is 11.2 Å². The van der Waals surface area contributed by atoms with Crippen LogP contribution >= 0.6 is 0 Å². The Morgan fingerprint density at radius 2 is 1.90 bits per heavy atom. The van der Waals surface area contributed by atoms with Gasteiger partial charge in [0, 0.05) is 7.05 Å². The lowest BCUT2D eigenvalue weighted by Crippen LogP contribution is -2.40. The number of hydrogen-bond donors (Lipinski definition) is 0. The van der Waals surface area contributed by atoms with E-state index in [9.17, 15) is 14.0 Å². The van der Waals surface area contributed by atoms with E-state index in [0.29, 0.717) is 29.2 Å². The Hall–Kier alpha value is -3.49. The molecule has 0 radical (unpaired) electrons. The number of imidazole rings is 1. The molecule has 2 aromatic heterocycles. The zero-order valence-corrected chi connectivity index (χ0v) is 17.4. The predicted octanol–water partition coefficient (Wildman–Crippen LogP) is 2.57. The standard InChI is InChI=1S/C21H23FN6O2/c1-12(2)10-26-19(29)17-18(25(5)21(26)30)23-20-27(24-13(3)14(4)28(17)20)11-15-6-8-16(22)9-7-15/h6-9,14H,1,10-11H2,2-5H3/t14-/m0/s1. The van der Waals surface area contributed by atoms with Gasteiger partial charge in [0.2, 0.25) is 5.95 Å². The number of rotatable bonds is 4. The third kappa shape index (κ3) is 3.06. The molecule has 0 bridgehead atoms. The number of aromatic nitrogens is 4. The second kappa shape index (κ2) is 7.08. The van der Waals surface area contributed by atoms with Crippen LogP contribution in [0.3, 0.4) is 0 Å². The minimum Gasteiger partial charge on any atom is -0.294 e. The third-order valence-corrected chi connectivity index (χ3v) is 5.33. The van der Waals surface area contributed by atoms with Gasteiger partial charge in [-0.25, -0.2) is 14.2 Å². The van der Waals surface area contributed by atoms with Gasteiger partial charge in [-0.3, -0.25) is 18.5 Å². The average molecular weight is 410 g/mol. The first-order valence-electron chi connectivity index (χ1n) is 9.62. The normalized spacial score (nSPS) is 16.0. The lowest BCUT2D eigenvalue weighted by molar-refractivity contribution is 0.620. The van der Waals surface area contributed by atoms with Crippen molar-refractivity contribution in [2.45, 2.75) is 39.9 Å². The molecular formula is C21H23FN6O2. The minimum atomic E-state index is -0.443. The molecule has 1 aliphatic rings. The van der Waals surface area contributed by atoms with E-state index in [1.54, 1.807) is 31.1 Å². The molecular weight excluding hydrogens is 387 g/mol. The van der Waals surface area contributed by atoms with E-state index in [1.807, 2.05) is 18.4 Å². The van der Waals surface area contributed by atoms with Gasteiger partial charge in [0.15, 0.2) is 11.2 Å². The van der Waals surface area contributed by atoms with Crippen LogP contribution in [-0.2, 0) is 20.1 Å². The highest BCUT2D eigenvalue weighted by Crippen LogP contribution is 2.30. The molecule has 0 fully saturated rings. The molecule has 156 valence electrons. The zero-order valence-electron chi connectivity index (χ0n) is 17.4. The summed E-state index contributed by atoms with van der Waals surface area (Å²) in [4.78, 5) is 30.6. The highest BCUT2D eigenvalue weighted by atomic mass is 19.1. The Bertz CT molecular complexity index is 1310. The summed E-state index contributed by atoms with van der Waals surface area (Å²) in [5, 5.41) is 6.31. The molecule has 0 aliphatic carbocycles. The number of halogens is 1. The molecule has 1 aliphatic heterocycles. The van der Waals surface area contributed by atoms with Crippen molar-refractivity contribution in [3.63, 3.8) is 0 Å². The second-order valence-corrected chi connectivity index (χ2v) is 7.75. The van der Waals surface area contributed by atoms with Crippen LogP contribution in [0.2, 0.25) is 0 Å². The predicted molar refractivity (Wildman–Crippen MR) is 114 cm³/mol. The summed E-state index contributed by atoms with van der Waals surface area (Å²) in [7, 11) is 1.60. The molecule has 4 rings (SSSR count). The van der Waals surface area contributed by atoms with Crippen molar-refractivity contribution in [2.75, 3.05) is 5.01 Å². The van der Waals surface area contributed by atoms with E-state index in [4.69, 9.17) is 0 Å². The zero-order chi connectivity index (χ0) is 21.7. The fraction of sp³-hybridized carbons (Fsp3) is 0.333. The molecule has 0 N–H and O–H groups in total. The maximum atomic E-state index is 13.3. The Balaban J connectivity index is 1.95. The Labute approximate surface area is 172 Å². The average Bonchev–Trinajstić information content (AvgIpc) is 3.10. The van der Waals surface area contributed by atoms with Crippen LogP contribution in [0, 0.1) is 5.82 Å². The van der Waals surface area contributed by atoms with Crippen LogP contribution < -0.4 is 16.3 Å². The van der Waals surface area contributed by atoms with Gasteiger partial charge in [0.25, 0.3) is 5.56 Å². The first kappa shape index (κ1) is 19.8. The first-order valence-corrected chi connectivity index (χ1v) is 9.62. The number of hydrogen-bond acceptors (Lipinski definition) is 5. The molecule has 30 heavy (non-hydrogen) atoms. The fourth-order valence-electron chi connectivity index (χ4n) is 3.66. The third-order valence-electron chi connectivity index (χ3n) is 5.33. The molecule has 0 saturated carbocycles. The highest BCUT2D eigenvalue weighted by Gasteiger charge is 2.30. The first-order chi connectivity index (χ1) is 14.2. The van der Waals surface area contributed by atoms with E-state index in [-0.39, 0.29) is 18.4 Å². The number of fused-ring (bicyclic) bond motifs is 3. The lowest BCUT2D eigenvalue weighted by Gasteiger charge is -2.29. The smallest absolute Gasteiger partial charge is 0.294 e. The number of aryl methyl sites for hydroxylation is 1. The second-order valence-electron chi connectivity index (χ2n) is 7.75. The van der Waals surface area contributed by atoms with Crippen LogP contribution in [-0.4, -0.2) is 24.4 Å². The summed E-state index contributed by atoms with van der Waals surface area (Å²) in [5.74, 6) is 0.151. The largest absolute Gasteiger partial charge is 0.332 e. The van der Waals surface area contributed by atoms with E-state index in [0.717, 1.165) is 11.3 Å². The van der Waals surface area contributed by atoms with E-state index in [2.05, 4.69) is 16.7 Å². The Morgan fingerprint density at radius 1 is 1.23 bits per heavy atom. The number of hydrazone groups is 1. The minimum absolute atomic E-state index is 0.142. The van der Waals surface area contributed by atoms with Crippen LogP contribution in [0.4, 0.5) is 10.3 Å². The summed E-state index contributed by atoms with van der Waals surface area (Å²) in [6.45, 7) is 9.90. The van der Waals surface area contributed by atoms with Gasteiger partial charge in [-0.15, -0.1) is 0 Å². The molecule has 8 nitrogen and oxygen atoms in total. The summed E-state index contributed by atoms with van der Waals surface area (Å²) in [6.07, 6.45) is 0. The summed E-state index contributed by atoms with van der Waals surface area (Å²) < 4.78 is 17.7. The van der Waals surface area contributed by atoms with Gasteiger partial charge in [0.05, 0.1) is 24.8 Å². The molecule has 1 atom stereocenters. The topological polar surface area (TPSA) is 77.4 Å². The van der Waals surface area contributed by atoms with Crippen molar-refractivity contribution >= 4 is 22.8 Å². The lowest BCUT2D eigenvalue weighted by atomic mass is 10.2. The molecule has 1 aromatic carbocycles. The molecule has 0 spiro atoms. The van der Waals surface area contributed by atoms with Crippen molar-refractivity contribution < 1.29 is 4.39 Å². The molecule has 0 amide bonds. The number of anilines is 1. The Kier molecular flexibility index (Phi) is 4.68. The van der Waals surface area contributed by atoms with Gasteiger partial charge in [-0.2, -0.15) is 10.1 Å². The van der Waals surface area contributed by atoms with Crippen LogP contribution in [0.5, 0.6) is 0 Å². The summed E-state index contributed by atoms with van der Waals surface area (Å²) in [6, 6.07) is 5.93. The number of nitrogens with zero attached hydrogens (tertiary/aromatic N) is 6. The molecule has 3 heterocycles. The van der Waals surface area contributed by atoms with Gasteiger partial charge in [-0.05, 0) is 38.5 Å². The van der Waals surface area contributed by atoms with Gasteiger partial charge in [-0.1, -0.05) is 24.3 Å². The fourth-order valence-corrected chi connectivity index (χ4v) is 3.66. The van der Waals surface area contributed by atoms with Crippen molar-refractivity contribution in [3.8, 4) is 0 Å². The summed E-state index contributed by atoms with van der Waals surface area (Å²) >= 11 is 0. The van der Waals surface area contributed by atoms with Crippen molar-refractivity contribution in [1.29, 1.82) is 0 Å². The molecule has 9 heteroatoms. The van der Waals surface area contributed by atoms with Crippen molar-refractivity contribution in [3.05, 3.63) is 68.6 Å². The molecule has 0 saturated heterocycles. The molecule has 3 aromatic rings.